The summed E-state index contributed by atoms with van der Waals surface area (Å²) in [5.41, 5.74) is 0. The summed E-state index contributed by atoms with van der Waals surface area (Å²) in [4.78, 5) is 34.9. The predicted molar refractivity (Wildman–Crippen MR) is 210 cm³/mol. The summed E-state index contributed by atoms with van der Waals surface area (Å²) in [5, 5.41) is 18.3. The number of esters is 2. The van der Waals surface area contributed by atoms with Gasteiger partial charge in [-0.2, -0.15) is 0 Å². The number of carbonyl (C=O) groups is 2. The largest absolute Gasteiger partial charge is 0.472 e. The lowest BCUT2D eigenvalue weighted by Crippen LogP contribution is -2.29. The molecule has 0 bridgehead atoms. The molecule has 11 heteroatoms. The molecule has 0 fully saturated rings. The smallest absolute Gasteiger partial charge is 0.462 e. The molecule has 310 valence electrons. The van der Waals surface area contributed by atoms with Gasteiger partial charge in [0.2, 0.25) is 0 Å². The highest BCUT2D eigenvalue weighted by Crippen LogP contribution is 2.43. The number of aliphatic hydroxyl groups is 2. The molecular weight excluding hydrogens is 683 g/mol. The zero-order chi connectivity index (χ0) is 38.4. The number of aliphatic hydroxyl groups excluding tert-OH is 2. The molecule has 0 aliphatic carbocycles. The maximum absolute atomic E-state index is 12.6. The van der Waals surface area contributed by atoms with E-state index in [2.05, 4.69) is 18.4 Å². The van der Waals surface area contributed by atoms with Crippen molar-refractivity contribution >= 4 is 19.8 Å². The van der Waals surface area contributed by atoms with Gasteiger partial charge in [0.1, 0.15) is 12.7 Å². The molecule has 3 atom stereocenters. The van der Waals surface area contributed by atoms with E-state index in [1.54, 1.807) is 0 Å². The monoisotopic (exact) mass is 765 g/mol. The molecule has 1 unspecified atom stereocenters. The van der Waals surface area contributed by atoms with Gasteiger partial charge in [-0.15, -0.1) is 0 Å². The quantitative estimate of drug-likeness (QED) is 0.0312. The third-order valence-electron chi connectivity index (χ3n) is 9.51. The molecule has 52 heavy (non-hydrogen) atoms. The summed E-state index contributed by atoms with van der Waals surface area (Å²) in [6.45, 7) is 2.41. The van der Waals surface area contributed by atoms with Crippen molar-refractivity contribution in [3.05, 3.63) is 0 Å². The van der Waals surface area contributed by atoms with Gasteiger partial charge in [0.15, 0.2) is 6.10 Å². The normalized spacial score (nSPS) is 13.9. The molecule has 0 aromatic rings. The van der Waals surface area contributed by atoms with Crippen LogP contribution in [0.1, 0.15) is 213 Å². The first-order valence-electron chi connectivity index (χ1n) is 21.5. The number of rotatable bonds is 41. The minimum atomic E-state index is -4.61. The Kier molecular flexibility index (Phi) is 37.5. The third-order valence-corrected chi connectivity index (χ3v) is 10.5. The van der Waals surface area contributed by atoms with Crippen LogP contribution in [0.4, 0.5) is 0 Å². The fraction of sp³-hybridized carbons (Fsp3) is 0.951. The molecule has 0 amide bonds. The van der Waals surface area contributed by atoms with E-state index in [1.165, 1.54) is 141 Å². The number of unbranched alkanes of at least 4 members (excludes halogenated alkanes) is 27. The van der Waals surface area contributed by atoms with Crippen molar-refractivity contribution in [3.8, 4) is 0 Å². The molecule has 0 saturated carbocycles. The Hall–Kier alpha value is -1.03. The predicted octanol–water partition coefficient (Wildman–Crippen LogP) is 11.1. The van der Waals surface area contributed by atoms with E-state index in [9.17, 15) is 24.2 Å². The molecule has 0 spiro atoms. The molecule has 0 aliphatic heterocycles. The molecule has 0 aromatic heterocycles. The van der Waals surface area contributed by atoms with Gasteiger partial charge in [0.05, 0.1) is 19.8 Å². The minimum Gasteiger partial charge on any atom is -0.462 e. The Bertz CT molecular complexity index is 842. The SMILES string of the molecule is CCCCCCCCCCCCCCCCCCC(=O)OC[C@H](COP(=O)(O)OC[C@@H](O)CO)OC(=O)CCCCCCCCCCCCCCC. The van der Waals surface area contributed by atoms with Crippen LogP contribution in [-0.2, 0) is 32.7 Å². The second-order valence-electron chi connectivity index (χ2n) is 14.7. The topological polar surface area (TPSA) is 149 Å². The van der Waals surface area contributed by atoms with Crippen molar-refractivity contribution < 1.29 is 47.8 Å². The summed E-state index contributed by atoms with van der Waals surface area (Å²) in [5.74, 6) is -0.910. The molecule has 10 nitrogen and oxygen atoms in total. The lowest BCUT2D eigenvalue weighted by atomic mass is 10.0. The number of carbonyl (C=O) groups excluding carboxylic acids is 2. The van der Waals surface area contributed by atoms with Crippen LogP contribution >= 0.6 is 7.82 Å². The van der Waals surface area contributed by atoms with Gasteiger partial charge in [0.25, 0.3) is 0 Å². The summed E-state index contributed by atoms with van der Waals surface area (Å²) >= 11 is 0. The molecule has 3 N–H and O–H groups in total. The average Bonchev–Trinajstić information content (AvgIpc) is 3.13. The highest BCUT2D eigenvalue weighted by molar-refractivity contribution is 7.47. The fourth-order valence-electron chi connectivity index (χ4n) is 6.17. The first-order valence-corrected chi connectivity index (χ1v) is 23.0. The summed E-state index contributed by atoms with van der Waals surface area (Å²) in [7, 11) is -4.61. The van der Waals surface area contributed by atoms with E-state index in [0.29, 0.717) is 12.8 Å². The Morgan fingerprint density at radius 3 is 1.19 bits per heavy atom. The van der Waals surface area contributed by atoms with Crippen molar-refractivity contribution in [2.24, 2.45) is 0 Å². The van der Waals surface area contributed by atoms with Gasteiger partial charge >= 0.3 is 19.8 Å². The van der Waals surface area contributed by atoms with E-state index >= 15 is 0 Å². The number of hydrogen-bond acceptors (Lipinski definition) is 9. The molecule has 0 radical (unpaired) electrons. The van der Waals surface area contributed by atoms with E-state index < -0.39 is 51.8 Å². The highest BCUT2D eigenvalue weighted by Gasteiger charge is 2.27. The molecule has 0 saturated heterocycles. The van der Waals surface area contributed by atoms with E-state index in [-0.39, 0.29) is 19.4 Å². The Labute approximate surface area is 318 Å². The Balaban J connectivity index is 4.24. The number of phosphoric acid groups is 1. The van der Waals surface area contributed by atoms with E-state index in [4.69, 9.17) is 19.1 Å². The van der Waals surface area contributed by atoms with Crippen molar-refractivity contribution in [2.45, 2.75) is 225 Å². The summed E-state index contributed by atoms with van der Waals surface area (Å²) in [6.07, 6.45) is 33.5. The van der Waals surface area contributed by atoms with Gasteiger partial charge in [-0.3, -0.25) is 18.6 Å². The van der Waals surface area contributed by atoms with Crippen LogP contribution in [0.3, 0.4) is 0 Å². The first kappa shape index (κ1) is 51.0. The van der Waals surface area contributed by atoms with Crippen molar-refractivity contribution in [2.75, 3.05) is 26.4 Å². The number of phosphoric ester groups is 1. The van der Waals surface area contributed by atoms with Crippen LogP contribution in [-0.4, -0.2) is 65.7 Å². The summed E-state index contributed by atoms with van der Waals surface area (Å²) < 4.78 is 32.7. The summed E-state index contributed by atoms with van der Waals surface area (Å²) in [6, 6.07) is 0. The van der Waals surface area contributed by atoms with Gasteiger partial charge in [-0.1, -0.05) is 187 Å². The van der Waals surface area contributed by atoms with Crippen LogP contribution in [0.25, 0.3) is 0 Å². The van der Waals surface area contributed by atoms with Crippen molar-refractivity contribution in [1.82, 2.24) is 0 Å². The maximum Gasteiger partial charge on any atom is 0.472 e. The van der Waals surface area contributed by atoms with Crippen LogP contribution in [0.2, 0.25) is 0 Å². The number of hydrogen-bond donors (Lipinski definition) is 3. The van der Waals surface area contributed by atoms with Crippen LogP contribution in [0.15, 0.2) is 0 Å². The molecular formula is C41H81O10P. The zero-order valence-corrected chi connectivity index (χ0v) is 34.4. The molecule has 0 aliphatic rings. The molecule has 0 rings (SSSR count). The highest BCUT2D eigenvalue weighted by atomic mass is 31.2. The third kappa shape index (κ3) is 37.3. The fourth-order valence-corrected chi connectivity index (χ4v) is 6.96. The van der Waals surface area contributed by atoms with E-state index in [0.717, 1.165) is 32.1 Å². The Morgan fingerprint density at radius 2 is 0.827 bits per heavy atom. The average molecular weight is 765 g/mol. The van der Waals surface area contributed by atoms with Gasteiger partial charge in [-0.25, -0.2) is 4.57 Å². The Morgan fingerprint density at radius 1 is 0.500 bits per heavy atom. The first-order chi connectivity index (χ1) is 25.2. The van der Waals surface area contributed by atoms with E-state index in [1.807, 2.05) is 0 Å². The standard InChI is InChI=1S/C41H81O10P/c1-3-5-7-9-11-13-15-17-18-19-21-22-24-26-28-30-32-40(44)48-36-39(37-50-52(46,47)49-35-38(43)34-42)51-41(45)33-31-29-27-25-23-20-16-14-12-10-8-6-4-2/h38-39,42-43H,3-37H2,1-2H3,(H,46,47)/t38-,39+/m0/s1. The van der Waals surface area contributed by atoms with Gasteiger partial charge in [0, 0.05) is 12.8 Å². The van der Waals surface area contributed by atoms with Gasteiger partial charge in [-0.05, 0) is 12.8 Å². The van der Waals surface area contributed by atoms with Crippen LogP contribution < -0.4 is 0 Å². The van der Waals surface area contributed by atoms with Gasteiger partial charge < -0.3 is 24.6 Å². The lowest BCUT2D eigenvalue weighted by molar-refractivity contribution is -0.161. The lowest BCUT2D eigenvalue weighted by Gasteiger charge is -2.20. The van der Waals surface area contributed by atoms with Crippen molar-refractivity contribution in [3.63, 3.8) is 0 Å². The second kappa shape index (κ2) is 38.3. The van der Waals surface area contributed by atoms with Crippen LogP contribution in [0.5, 0.6) is 0 Å². The maximum atomic E-state index is 12.6. The minimum absolute atomic E-state index is 0.192. The number of ether oxygens (including phenoxy) is 2. The molecule has 0 aromatic carbocycles. The molecule has 0 heterocycles. The van der Waals surface area contributed by atoms with Crippen LogP contribution in [0, 0.1) is 0 Å². The zero-order valence-electron chi connectivity index (χ0n) is 33.6. The second-order valence-corrected chi connectivity index (χ2v) is 16.2. The van der Waals surface area contributed by atoms with Crippen molar-refractivity contribution in [1.29, 1.82) is 0 Å².